The molecule has 1 rings (SSSR count). The van der Waals surface area contributed by atoms with Gasteiger partial charge in [0.1, 0.15) is 0 Å². The standard InChI is InChI=1S/C10H14ClN.ClH/c1-2-5-10(12)8-6-3-4-7-9(8)11;/h3-4,6-7,10H,2,5,12H2,1H3;1H. The Morgan fingerprint density at radius 3 is 2.54 bits per heavy atom. The summed E-state index contributed by atoms with van der Waals surface area (Å²) in [7, 11) is 0. The second kappa shape index (κ2) is 6.25. The topological polar surface area (TPSA) is 26.0 Å². The van der Waals surface area contributed by atoms with Gasteiger partial charge in [-0.05, 0) is 18.1 Å². The molecule has 1 aromatic carbocycles. The molecule has 1 unspecified atom stereocenters. The molecule has 0 aliphatic rings. The molecule has 0 radical (unpaired) electrons. The highest BCUT2D eigenvalue weighted by Crippen LogP contribution is 2.23. The molecule has 1 nitrogen and oxygen atoms in total. The Labute approximate surface area is 90.7 Å². The van der Waals surface area contributed by atoms with Gasteiger partial charge in [-0.1, -0.05) is 43.1 Å². The van der Waals surface area contributed by atoms with Crippen molar-refractivity contribution in [2.24, 2.45) is 5.73 Å². The molecule has 1 aromatic rings. The van der Waals surface area contributed by atoms with Crippen molar-refractivity contribution in [1.82, 2.24) is 0 Å². The Hall–Kier alpha value is -0.240. The Morgan fingerprint density at radius 1 is 1.38 bits per heavy atom. The molecule has 13 heavy (non-hydrogen) atoms. The van der Waals surface area contributed by atoms with Gasteiger partial charge in [-0.25, -0.2) is 0 Å². The summed E-state index contributed by atoms with van der Waals surface area (Å²) in [6.07, 6.45) is 2.08. The van der Waals surface area contributed by atoms with Gasteiger partial charge in [-0.3, -0.25) is 0 Å². The Bertz CT molecular complexity index is 250. The predicted octanol–water partition coefficient (Wildman–Crippen LogP) is 3.56. The lowest BCUT2D eigenvalue weighted by atomic mass is 10.0. The zero-order valence-corrected chi connectivity index (χ0v) is 9.24. The zero-order chi connectivity index (χ0) is 8.97. The molecule has 0 aliphatic carbocycles. The van der Waals surface area contributed by atoms with E-state index in [1.807, 2.05) is 24.3 Å². The lowest BCUT2D eigenvalue weighted by Gasteiger charge is -2.11. The molecule has 2 N–H and O–H groups in total. The molecule has 74 valence electrons. The SMILES string of the molecule is CCCC(N)c1ccccc1Cl.Cl. The average molecular weight is 220 g/mol. The van der Waals surface area contributed by atoms with Crippen LogP contribution < -0.4 is 5.73 Å². The molecule has 0 spiro atoms. The summed E-state index contributed by atoms with van der Waals surface area (Å²) in [6, 6.07) is 7.85. The van der Waals surface area contributed by atoms with E-state index >= 15 is 0 Å². The lowest BCUT2D eigenvalue weighted by Crippen LogP contribution is -2.09. The van der Waals surface area contributed by atoms with Crippen LogP contribution in [0.1, 0.15) is 31.4 Å². The van der Waals surface area contributed by atoms with Crippen LogP contribution in [0.25, 0.3) is 0 Å². The maximum absolute atomic E-state index is 5.97. The van der Waals surface area contributed by atoms with E-state index in [1.165, 1.54) is 0 Å². The van der Waals surface area contributed by atoms with Gasteiger partial charge in [-0.15, -0.1) is 12.4 Å². The van der Waals surface area contributed by atoms with Crippen molar-refractivity contribution < 1.29 is 0 Å². The number of rotatable bonds is 3. The van der Waals surface area contributed by atoms with Gasteiger partial charge in [0.25, 0.3) is 0 Å². The molecule has 1 atom stereocenters. The number of nitrogens with two attached hydrogens (primary N) is 1. The predicted molar refractivity (Wildman–Crippen MR) is 60.5 cm³/mol. The summed E-state index contributed by atoms with van der Waals surface area (Å²) in [5, 5.41) is 0.776. The fourth-order valence-electron chi connectivity index (χ4n) is 1.24. The van der Waals surface area contributed by atoms with Crippen LogP contribution in [0.4, 0.5) is 0 Å². The van der Waals surface area contributed by atoms with E-state index in [0.717, 1.165) is 23.4 Å². The number of benzene rings is 1. The van der Waals surface area contributed by atoms with Crippen LogP contribution in [0.2, 0.25) is 5.02 Å². The summed E-state index contributed by atoms with van der Waals surface area (Å²) < 4.78 is 0. The van der Waals surface area contributed by atoms with Crippen molar-refractivity contribution >= 4 is 24.0 Å². The third-order valence-electron chi connectivity index (χ3n) is 1.90. The highest BCUT2D eigenvalue weighted by molar-refractivity contribution is 6.31. The van der Waals surface area contributed by atoms with E-state index in [-0.39, 0.29) is 18.4 Å². The highest BCUT2D eigenvalue weighted by Gasteiger charge is 2.07. The van der Waals surface area contributed by atoms with Crippen LogP contribution in [-0.2, 0) is 0 Å². The van der Waals surface area contributed by atoms with E-state index in [1.54, 1.807) is 0 Å². The fourth-order valence-corrected chi connectivity index (χ4v) is 1.52. The first-order chi connectivity index (χ1) is 5.75. The van der Waals surface area contributed by atoms with Gasteiger partial charge in [0.15, 0.2) is 0 Å². The first-order valence-electron chi connectivity index (χ1n) is 4.25. The summed E-state index contributed by atoms with van der Waals surface area (Å²) in [4.78, 5) is 0. The van der Waals surface area contributed by atoms with Crippen molar-refractivity contribution in [3.05, 3.63) is 34.9 Å². The lowest BCUT2D eigenvalue weighted by molar-refractivity contribution is 0.638. The minimum Gasteiger partial charge on any atom is -0.324 e. The van der Waals surface area contributed by atoms with E-state index in [2.05, 4.69) is 6.92 Å². The molecule has 0 aromatic heterocycles. The van der Waals surface area contributed by atoms with Crippen LogP contribution >= 0.6 is 24.0 Å². The quantitative estimate of drug-likeness (QED) is 0.827. The van der Waals surface area contributed by atoms with Crippen molar-refractivity contribution in [3.8, 4) is 0 Å². The molecule has 0 amide bonds. The molecule has 0 aliphatic heterocycles. The Balaban J connectivity index is 0.00000144. The summed E-state index contributed by atoms with van der Waals surface area (Å²) in [6.45, 7) is 2.12. The minimum atomic E-state index is 0. The van der Waals surface area contributed by atoms with E-state index in [9.17, 15) is 0 Å². The van der Waals surface area contributed by atoms with Crippen LogP contribution in [0, 0.1) is 0 Å². The van der Waals surface area contributed by atoms with Crippen LogP contribution in [0.5, 0.6) is 0 Å². The van der Waals surface area contributed by atoms with Crippen molar-refractivity contribution in [1.29, 1.82) is 0 Å². The van der Waals surface area contributed by atoms with E-state index in [0.29, 0.717) is 0 Å². The third kappa shape index (κ3) is 3.55. The zero-order valence-electron chi connectivity index (χ0n) is 7.66. The van der Waals surface area contributed by atoms with Gasteiger partial charge in [0.05, 0.1) is 0 Å². The second-order valence-electron chi connectivity index (χ2n) is 2.92. The molecule has 3 heteroatoms. The molecule has 0 heterocycles. The second-order valence-corrected chi connectivity index (χ2v) is 3.32. The van der Waals surface area contributed by atoms with Gasteiger partial charge in [0.2, 0.25) is 0 Å². The first-order valence-corrected chi connectivity index (χ1v) is 4.63. The van der Waals surface area contributed by atoms with E-state index in [4.69, 9.17) is 17.3 Å². The number of halogens is 2. The summed E-state index contributed by atoms with van der Waals surface area (Å²) in [5.41, 5.74) is 6.98. The van der Waals surface area contributed by atoms with Gasteiger partial charge in [0, 0.05) is 11.1 Å². The maximum Gasteiger partial charge on any atom is 0.0453 e. The smallest absolute Gasteiger partial charge is 0.0453 e. The molecule has 0 fully saturated rings. The minimum absolute atomic E-state index is 0. The Morgan fingerprint density at radius 2 is 2.00 bits per heavy atom. The average Bonchev–Trinajstić information content (AvgIpc) is 2.05. The van der Waals surface area contributed by atoms with Crippen molar-refractivity contribution in [2.75, 3.05) is 0 Å². The van der Waals surface area contributed by atoms with Gasteiger partial charge >= 0.3 is 0 Å². The van der Waals surface area contributed by atoms with Gasteiger partial charge in [-0.2, -0.15) is 0 Å². The largest absolute Gasteiger partial charge is 0.324 e. The Kier molecular flexibility index (Phi) is 6.13. The third-order valence-corrected chi connectivity index (χ3v) is 2.25. The van der Waals surface area contributed by atoms with Crippen LogP contribution in [-0.4, -0.2) is 0 Å². The molecular weight excluding hydrogens is 205 g/mol. The van der Waals surface area contributed by atoms with Crippen molar-refractivity contribution in [2.45, 2.75) is 25.8 Å². The van der Waals surface area contributed by atoms with Gasteiger partial charge < -0.3 is 5.73 Å². The molecule has 0 bridgehead atoms. The summed E-state index contributed by atoms with van der Waals surface area (Å²) in [5.74, 6) is 0. The fraction of sp³-hybridized carbons (Fsp3) is 0.400. The van der Waals surface area contributed by atoms with Crippen LogP contribution in [0.3, 0.4) is 0 Å². The number of hydrogen-bond donors (Lipinski definition) is 1. The number of hydrogen-bond acceptors (Lipinski definition) is 1. The maximum atomic E-state index is 5.97. The van der Waals surface area contributed by atoms with Crippen molar-refractivity contribution in [3.63, 3.8) is 0 Å². The molecule has 0 saturated carbocycles. The van der Waals surface area contributed by atoms with E-state index < -0.39 is 0 Å². The molecular formula is C10H15Cl2N. The summed E-state index contributed by atoms with van der Waals surface area (Å²) >= 11 is 5.97. The van der Waals surface area contributed by atoms with Crippen LogP contribution in [0.15, 0.2) is 24.3 Å². The molecule has 0 saturated heterocycles. The highest BCUT2D eigenvalue weighted by atomic mass is 35.5. The first kappa shape index (κ1) is 12.8. The monoisotopic (exact) mass is 219 g/mol. The normalized spacial score (nSPS) is 11.9.